The van der Waals surface area contributed by atoms with E-state index in [9.17, 15) is 10.1 Å². The first kappa shape index (κ1) is 19.5. The van der Waals surface area contributed by atoms with Gasteiger partial charge in [0.25, 0.3) is 0 Å². The zero-order valence-electron chi connectivity index (χ0n) is 15.1. The van der Waals surface area contributed by atoms with Crippen LogP contribution in [0.25, 0.3) is 0 Å². The Balaban J connectivity index is 2.07. The first-order chi connectivity index (χ1) is 11.7. The quantitative estimate of drug-likeness (QED) is 0.755. The Morgan fingerprint density at radius 3 is 2.60 bits per heavy atom. The Morgan fingerprint density at radius 1 is 1.44 bits per heavy atom. The van der Waals surface area contributed by atoms with Crippen LogP contribution in [0, 0.1) is 16.7 Å². The monoisotopic (exact) mass is 409 g/mol. The van der Waals surface area contributed by atoms with E-state index in [1.165, 1.54) is 0 Å². The molecule has 2 rings (SSSR count). The van der Waals surface area contributed by atoms with Gasteiger partial charge in [0.15, 0.2) is 0 Å². The number of amides is 1. The van der Waals surface area contributed by atoms with Crippen LogP contribution in [-0.2, 0) is 11.2 Å². The van der Waals surface area contributed by atoms with Crippen molar-refractivity contribution in [2.24, 2.45) is 5.41 Å². The average Bonchev–Trinajstić information content (AvgIpc) is 2.56. The van der Waals surface area contributed by atoms with Crippen LogP contribution in [0.3, 0.4) is 0 Å². The molecule has 0 aliphatic carbocycles. The van der Waals surface area contributed by atoms with Crippen LogP contribution in [0.4, 0.5) is 4.79 Å². The van der Waals surface area contributed by atoms with Crippen LogP contribution in [0.15, 0.2) is 16.7 Å². The Morgan fingerprint density at radius 2 is 2.08 bits per heavy atom. The third-order valence-electron chi connectivity index (χ3n) is 4.26. The van der Waals surface area contributed by atoms with Gasteiger partial charge in [-0.15, -0.1) is 0 Å². The molecule has 2 heterocycles. The summed E-state index contributed by atoms with van der Waals surface area (Å²) in [6, 6.07) is 4.33. The normalized spacial score (nSPS) is 16.9. The third-order valence-corrected chi connectivity index (χ3v) is 4.97. The van der Waals surface area contributed by atoms with Crippen LogP contribution in [-0.4, -0.2) is 41.8 Å². The minimum absolute atomic E-state index is 0.314. The molecule has 0 radical (unpaired) electrons. The number of nitrogens with zero attached hydrogens (tertiary/aromatic N) is 3. The second kappa shape index (κ2) is 7.61. The van der Waals surface area contributed by atoms with Gasteiger partial charge in [0.1, 0.15) is 5.60 Å². The molecule has 1 aromatic rings. The molecule has 1 fully saturated rings. The maximum absolute atomic E-state index is 12.2. The second-order valence-electron chi connectivity index (χ2n) is 7.35. The predicted molar refractivity (Wildman–Crippen MR) is 97.3 cm³/mol. The number of halogens is 1. The summed E-state index contributed by atoms with van der Waals surface area (Å²) in [7, 11) is 1.57. The van der Waals surface area contributed by atoms with Gasteiger partial charge in [-0.25, -0.2) is 9.78 Å². The number of hydrogen-bond acceptors (Lipinski definition) is 5. The standard InChI is InChI=1S/C18H24BrN3O3/c1-17(2,3)25-16(23)22-7-5-18(12-20,6-8-22)10-13-9-15(24-4)21-11-14(13)19/h9,11H,5-8,10H2,1-4H3. The van der Waals surface area contributed by atoms with Crippen molar-refractivity contribution in [3.05, 3.63) is 22.3 Å². The number of likely N-dealkylation sites (tertiary alicyclic amines) is 1. The number of methoxy groups -OCH3 is 1. The van der Waals surface area contributed by atoms with Crippen molar-refractivity contribution in [2.45, 2.75) is 45.6 Å². The summed E-state index contributed by atoms with van der Waals surface area (Å²) < 4.78 is 11.5. The average molecular weight is 410 g/mol. The minimum atomic E-state index is -0.515. The molecule has 0 spiro atoms. The van der Waals surface area contributed by atoms with E-state index in [4.69, 9.17) is 9.47 Å². The summed E-state index contributed by atoms with van der Waals surface area (Å²) >= 11 is 3.50. The molecular weight excluding hydrogens is 386 g/mol. The molecule has 1 saturated heterocycles. The van der Waals surface area contributed by atoms with Gasteiger partial charge in [-0.05, 0) is 61.5 Å². The number of aromatic nitrogens is 1. The van der Waals surface area contributed by atoms with Crippen LogP contribution >= 0.6 is 15.9 Å². The molecule has 7 heteroatoms. The Bertz CT molecular complexity index is 671. The maximum Gasteiger partial charge on any atom is 0.410 e. The summed E-state index contributed by atoms with van der Waals surface area (Å²) in [6.45, 7) is 6.58. The van der Waals surface area contributed by atoms with E-state index in [2.05, 4.69) is 27.0 Å². The number of hydrogen-bond donors (Lipinski definition) is 0. The minimum Gasteiger partial charge on any atom is -0.481 e. The van der Waals surface area contributed by atoms with Crippen molar-refractivity contribution in [2.75, 3.05) is 20.2 Å². The van der Waals surface area contributed by atoms with E-state index in [1.54, 1.807) is 18.2 Å². The number of ether oxygens (including phenoxy) is 2. The number of carbonyl (C=O) groups is 1. The summed E-state index contributed by atoms with van der Waals surface area (Å²) in [5.74, 6) is 0.525. The zero-order chi connectivity index (χ0) is 18.7. The predicted octanol–water partition coefficient (Wildman–Crippen LogP) is 3.94. The van der Waals surface area contributed by atoms with Gasteiger partial charge in [-0.3, -0.25) is 0 Å². The summed E-state index contributed by atoms with van der Waals surface area (Å²) in [6.07, 6.45) is 3.19. The molecule has 6 nitrogen and oxygen atoms in total. The number of nitriles is 1. The molecule has 1 aliphatic rings. The Labute approximate surface area is 157 Å². The van der Waals surface area contributed by atoms with E-state index in [1.807, 2.05) is 26.8 Å². The van der Waals surface area contributed by atoms with Crippen molar-refractivity contribution in [3.63, 3.8) is 0 Å². The fourth-order valence-corrected chi connectivity index (χ4v) is 3.20. The summed E-state index contributed by atoms with van der Waals surface area (Å²) in [4.78, 5) is 18.0. The molecule has 0 atom stereocenters. The van der Waals surface area contributed by atoms with Gasteiger partial charge in [0.2, 0.25) is 5.88 Å². The zero-order valence-corrected chi connectivity index (χ0v) is 16.7. The molecule has 0 saturated carbocycles. The number of rotatable bonds is 3. The lowest BCUT2D eigenvalue weighted by Gasteiger charge is -2.38. The van der Waals surface area contributed by atoms with E-state index < -0.39 is 11.0 Å². The molecular formula is C18H24BrN3O3. The molecule has 0 unspecified atom stereocenters. The highest BCUT2D eigenvalue weighted by atomic mass is 79.9. The summed E-state index contributed by atoms with van der Waals surface area (Å²) in [5, 5.41) is 9.78. The van der Waals surface area contributed by atoms with Gasteiger partial charge < -0.3 is 14.4 Å². The first-order valence-corrected chi connectivity index (χ1v) is 9.05. The lowest BCUT2D eigenvalue weighted by Crippen LogP contribution is -2.45. The van der Waals surface area contributed by atoms with Crippen molar-refractivity contribution in [3.8, 4) is 11.9 Å². The number of piperidine rings is 1. The van der Waals surface area contributed by atoms with E-state index >= 15 is 0 Å². The molecule has 25 heavy (non-hydrogen) atoms. The highest BCUT2D eigenvalue weighted by Crippen LogP contribution is 2.37. The maximum atomic E-state index is 12.2. The van der Waals surface area contributed by atoms with Gasteiger partial charge >= 0.3 is 6.09 Å². The van der Waals surface area contributed by atoms with Crippen molar-refractivity contribution < 1.29 is 14.3 Å². The van der Waals surface area contributed by atoms with Gasteiger partial charge in [-0.1, -0.05) is 0 Å². The Hall–Kier alpha value is -1.81. The van der Waals surface area contributed by atoms with Crippen LogP contribution < -0.4 is 4.74 Å². The molecule has 1 aromatic heterocycles. The molecule has 0 N–H and O–H groups in total. The number of pyridine rings is 1. The van der Waals surface area contributed by atoms with Crippen LogP contribution in [0.5, 0.6) is 5.88 Å². The topological polar surface area (TPSA) is 75.5 Å². The van der Waals surface area contributed by atoms with E-state index in [0.29, 0.717) is 38.2 Å². The second-order valence-corrected chi connectivity index (χ2v) is 8.21. The fourth-order valence-electron chi connectivity index (χ4n) is 2.84. The van der Waals surface area contributed by atoms with Crippen molar-refractivity contribution in [1.82, 2.24) is 9.88 Å². The molecule has 0 aromatic carbocycles. The molecule has 136 valence electrons. The summed E-state index contributed by atoms with van der Waals surface area (Å²) in [5.41, 5.74) is -0.0358. The van der Waals surface area contributed by atoms with Crippen LogP contribution in [0.2, 0.25) is 0 Å². The van der Waals surface area contributed by atoms with E-state index in [-0.39, 0.29) is 6.09 Å². The van der Waals surface area contributed by atoms with E-state index in [0.717, 1.165) is 10.0 Å². The fraction of sp³-hybridized carbons (Fsp3) is 0.611. The van der Waals surface area contributed by atoms with Gasteiger partial charge in [0, 0.05) is 29.8 Å². The largest absolute Gasteiger partial charge is 0.481 e. The molecule has 1 amide bonds. The smallest absolute Gasteiger partial charge is 0.410 e. The molecule has 1 aliphatic heterocycles. The van der Waals surface area contributed by atoms with Crippen molar-refractivity contribution in [1.29, 1.82) is 5.26 Å². The van der Waals surface area contributed by atoms with Gasteiger partial charge in [0.05, 0.1) is 18.6 Å². The first-order valence-electron chi connectivity index (χ1n) is 8.26. The highest BCUT2D eigenvalue weighted by molar-refractivity contribution is 9.10. The SMILES string of the molecule is COc1cc(CC2(C#N)CCN(C(=O)OC(C)(C)C)CC2)c(Br)cn1. The highest BCUT2D eigenvalue weighted by Gasteiger charge is 2.38. The lowest BCUT2D eigenvalue weighted by atomic mass is 9.75. The van der Waals surface area contributed by atoms with Crippen LogP contribution in [0.1, 0.15) is 39.2 Å². The van der Waals surface area contributed by atoms with Crippen molar-refractivity contribution >= 4 is 22.0 Å². The van der Waals surface area contributed by atoms with Gasteiger partial charge in [-0.2, -0.15) is 5.26 Å². The third kappa shape index (κ3) is 5.08. The lowest BCUT2D eigenvalue weighted by molar-refractivity contribution is 0.0148. The molecule has 0 bridgehead atoms. The number of carbonyl (C=O) groups excluding carboxylic acids is 1. The Kier molecular flexibility index (Phi) is 5.94.